The molecule has 3 rings (SSSR count). The number of unbranched alkanes of at least 4 members (excludes halogenated alkanes) is 4. The van der Waals surface area contributed by atoms with Crippen LogP contribution in [0.15, 0.2) is 30.3 Å². The van der Waals surface area contributed by atoms with Gasteiger partial charge in [-0.3, -0.25) is 4.79 Å². The van der Waals surface area contributed by atoms with Crippen molar-refractivity contribution in [2.45, 2.75) is 57.8 Å². The lowest BCUT2D eigenvalue weighted by molar-refractivity contribution is -0.135. The molecule has 0 aromatic heterocycles. The second-order valence-corrected chi connectivity index (χ2v) is 7.67. The highest BCUT2D eigenvalue weighted by Gasteiger charge is 2.35. The average Bonchev–Trinajstić information content (AvgIpc) is 2.78. The van der Waals surface area contributed by atoms with Gasteiger partial charge < -0.3 is 18.9 Å². The van der Waals surface area contributed by atoms with Crippen molar-refractivity contribution in [2.75, 3.05) is 21.3 Å². The first-order valence-electron chi connectivity index (χ1n) is 10.7. The van der Waals surface area contributed by atoms with Gasteiger partial charge in [-0.2, -0.15) is 0 Å². The van der Waals surface area contributed by atoms with Crippen molar-refractivity contribution in [3.63, 3.8) is 0 Å². The first kappa shape index (κ1) is 22.0. The molecule has 1 unspecified atom stereocenters. The van der Waals surface area contributed by atoms with Crippen molar-refractivity contribution in [3.8, 4) is 23.0 Å². The first-order valence-corrected chi connectivity index (χ1v) is 10.7. The predicted molar refractivity (Wildman–Crippen MR) is 117 cm³/mol. The number of carbonyl (C=O) groups is 1. The van der Waals surface area contributed by atoms with Crippen molar-refractivity contribution >= 4 is 5.97 Å². The monoisotopic (exact) mass is 412 g/mol. The smallest absolute Gasteiger partial charge is 0.312 e. The van der Waals surface area contributed by atoms with Crippen LogP contribution < -0.4 is 18.9 Å². The quantitative estimate of drug-likeness (QED) is 0.286. The van der Waals surface area contributed by atoms with E-state index in [2.05, 4.69) is 6.92 Å². The van der Waals surface area contributed by atoms with Crippen LogP contribution in [0.25, 0.3) is 0 Å². The fourth-order valence-electron chi connectivity index (χ4n) is 4.15. The molecule has 1 aliphatic heterocycles. The normalized spacial score (nSPS) is 15.3. The van der Waals surface area contributed by atoms with Gasteiger partial charge in [-0.05, 0) is 30.5 Å². The number of benzene rings is 2. The molecule has 1 atom stereocenters. The van der Waals surface area contributed by atoms with Crippen LogP contribution >= 0.6 is 0 Å². The maximum absolute atomic E-state index is 12.6. The Morgan fingerprint density at radius 2 is 1.63 bits per heavy atom. The molecule has 0 spiro atoms. The molecule has 1 aliphatic rings. The average molecular weight is 413 g/mol. The molecular weight excluding hydrogens is 380 g/mol. The maximum atomic E-state index is 12.6. The minimum atomic E-state index is -0.231. The largest absolute Gasteiger partial charge is 0.497 e. The molecular formula is C25H32O5. The van der Waals surface area contributed by atoms with Crippen molar-refractivity contribution < 1.29 is 23.7 Å². The molecule has 0 bridgehead atoms. The Kier molecular flexibility index (Phi) is 7.61. The minimum absolute atomic E-state index is 0.133. The summed E-state index contributed by atoms with van der Waals surface area (Å²) < 4.78 is 22.4. The Hall–Kier alpha value is -2.69. The van der Waals surface area contributed by atoms with Gasteiger partial charge in [0.05, 0.1) is 27.8 Å². The lowest BCUT2D eigenvalue weighted by atomic mass is 9.83. The van der Waals surface area contributed by atoms with Crippen LogP contribution in [-0.2, 0) is 11.2 Å². The van der Waals surface area contributed by atoms with E-state index in [1.807, 2.05) is 30.3 Å². The van der Waals surface area contributed by atoms with E-state index >= 15 is 0 Å². The standard InChI is InChI=1S/C25H32O5/c1-5-6-7-8-9-10-19-21(28-3)16-22(29-4)24-20(15-23(26)30-25(19)24)17-11-13-18(27-2)14-12-17/h11-14,16,20H,5-10,15H2,1-4H3. The van der Waals surface area contributed by atoms with E-state index in [9.17, 15) is 4.79 Å². The third kappa shape index (κ3) is 4.72. The van der Waals surface area contributed by atoms with Gasteiger partial charge in [0.2, 0.25) is 0 Å². The van der Waals surface area contributed by atoms with Gasteiger partial charge in [0, 0.05) is 23.1 Å². The van der Waals surface area contributed by atoms with Crippen LogP contribution in [0, 0.1) is 0 Å². The molecule has 1 heterocycles. The summed E-state index contributed by atoms with van der Waals surface area (Å²) >= 11 is 0. The van der Waals surface area contributed by atoms with Crippen LogP contribution in [0.5, 0.6) is 23.0 Å². The minimum Gasteiger partial charge on any atom is -0.497 e. The summed E-state index contributed by atoms with van der Waals surface area (Å²) in [5.74, 6) is 2.43. The van der Waals surface area contributed by atoms with Crippen LogP contribution in [0.4, 0.5) is 0 Å². The summed E-state index contributed by atoms with van der Waals surface area (Å²) in [6.07, 6.45) is 6.92. The first-order chi connectivity index (χ1) is 14.6. The van der Waals surface area contributed by atoms with Crippen molar-refractivity contribution in [1.82, 2.24) is 0 Å². The molecule has 5 heteroatoms. The van der Waals surface area contributed by atoms with Gasteiger partial charge >= 0.3 is 5.97 Å². The zero-order chi connectivity index (χ0) is 21.5. The van der Waals surface area contributed by atoms with Crippen LogP contribution in [0.1, 0.15) is 68.1 Å². The lowest BCUT2D eigenvalue weighted by Gasteiger charge is -2.29. The summed E-state index contributed by atoms with van der Waals surface area (Å²) in [6, 6.07) is 9.76. The second kappa shape index (κ2) is 10.4. The van der Waals surface area contributed by atoms with Gasteiger partial charge in [0.25, 0.3) is 0 Å². The number of fused-ring (bicyclic) bond motifs is 1. The molecule has 30 heavy (non-hydrogen) atoms. The fourth-order valence-corrected chi connectivity index (χ4v) is 4.15. The zero-order valence-corrected chi connectivity index (χ0v) is 18.5. The SMILES string of the molecule is CCCCCCCc1c(OC)cc(OC)c2c1OC(=O)CC2c1ccc(OC)cc1. The molecule has 2 aromatic rings. The number of carbonyl (C=O) groups excluding carboxylic acids is 1. The van der Waals surface area contributed by atoms with Crippen molar-refractivity contribution in [2.24, 2.45) is 0 Å². The summed E-state index contributed by atoms with van der Waals surface area (Å²) in [4.78, 5) is 12.6. The Labute approximate surface area is 179 Å². The van der Waals surface area contributed by atoms with Gasteiger partial charge in [0.1, 0.15) is 23.0 Å². The fraction of sp³-hybridized carbons (Fsp3) is 0.480. The Morgan fingerprint density at radius 3 is 2.27 bits per heavy atom. The highest BCUT2D eigenvalue weighted by Crippen LogP contribution is 2.49. The highest BCUT2D eigenvalue weighted by atomic mass is 16.5. The molecule has 0 amide bonds. The molecule has 0 saturated carbocycles. The van der Waals surface area contributed by atoms with E-state index in [1.165, 1.54) is 19.3 Å². The van der Waals surface area contributed by atoms with E-state index in [-0.39, 0.29) is 18.3 Å². The summed E-state index contributed by atoms with van der Waals surface area (Å²) in [6.45, 7) is 2.21. The zero-order valence-electron chi connectivity index (χ0n) is 18.5. The summed E-state index contributed by atoms with van der Waals surface area (Å²) in [5.41, 5.74) is 2.91. The Balaban J connectivity index is 2.02. The van der Waals surface area contributed by atoms with Gasteiger partial charge in [-0.15, -0.1) is 0 Å². The van der Waals surface area contributed by atoms with Crippen molar-refractivity contribution in [3.05, 3.63) is 47.0 Å². The molecule has 162 valence electrons. The molecule has 0 fully saturated rings. The number of methoxy groups -OCH3 is 3. The third-order valence-electron chi connectivity index (χ3n) is 5.77. The number of hydrogen-bond donors (Lipinski definition) is 0. The number of rotatable bonds is 10. The molecule has 0 aliphatic carbocycles. The second-order valence-electron chi connectivity index (χ2n) is 7.67. The molecule has 0 radical (unpaired) electrons. The Morgan fingerprint density at radius 1 is 0.933 bits per heavy atom. The van der Waals surface area contributed by atoms with E-state index in [4.69, 9.17) is 18.9 Å². The number of esters is 1. The number of hydrogen-bond acceptors (Lipinski definition) is 5. The van der Waals surface area contributed by atoms with Gasteiger partial charge in [-0.25, -0.2) is 0 Å². The van der Waals surface area contributed by atoms with Gasteiger partial charge in [-0.1, -0.05) is 44.7 Å². The lowest BCUT2D eigenvalue weighted by Crippen LogP contribution is -2.23. The number of ether oxygens (including phenoxy) is 4. The van der Waals surface area contributed by atoms with Gasteiger partial charge in [0.15, 0.2) is 0 Å². The van der Waals surface area contributed by atoms with E-state index in [0.29, 0.717) is 17.2 Å². The Bertz CT molecular complexity index is 857. The molecule has 0 N–H and O–H groups in total. The maximum Gasteiger partial charge on any atom is 0.312 e. The predicted octanol–water partition coefficient (Wildman–Crippen LogP) is 5.67. The van der Waals surface area contributed by atoms with Crippen molar-refractivity contribution in [1.29, 1.82) is 0 Å². The summed E-state index contributed by atoms with van der Waals surface area (Å²) in [7, 11) is 4.93. The molecule has 2 aromatic carbocycles. The highest BCUT2D eigenvalue weighted by molar-refractivity contribution is 5.80. The van der Waals surface area contributed by atoms with E-state index in [0.717, 1.165) is 41.7 Å². The topological polar surface area (TPSA) is 54.0 Å². The summed E-state index contributed by atoms with van der Waals surface area (Å²) in [5, 5.41) is 0. The third-order valence-corrected chi connectivity index (χ3v) is 5.77. The molecule has 5 nitrogen and oxygen atoms in total. The van der Waals surface area contributed by atoms with Crippen LogP contribution in [-0.4, -0.2) is 27.3 Å². The van der Waals surface area contributed by atoms with Crippen LogP contribution in [0.3, 0.4) is 0 Å². The van der Waals surface area contributed by atoms with E-state index in [1.54, 1.807) is 21.3 Å². The molecule has 0 saturated heterocycles. The van der Waals surface area contributed by atoms with E-state index < -0.39 is 0 Å². The van der Waals surface area contributed by atoms with Crippen LogP contribution in [0.2, 0.25) is 0 Å².